The fourth-order valence-electron chi connectivity index (χ4n) is 1.99. The van der Waals surface area contributed by atoms with Gasteiger partial charge < -0.3 is 4.55 Å². The van der Waals surface area contributed by atoms with Gasteiger partial charge in [-0.2, -0.15) is 0 Å². The van der Waals surface area contributed by atoms with Gasteiger partial charge in [0.2, 0.25) is 0 Å². The molecule has 2 unspecified atom stereocenters. The zero-order chi connectivity index (χ0) is 10.3. The van der Waals surface area contributed by atoms with Crippen LogP contribution < -0.4 is 0 Å². The topological polar surface area (TPSA) is 57.2 Å². The van der Waals surface area contributed by atoms with Crippen LogP contribution in [-0.2, 0) is 10.1 Å². The van der Waals surface area contributed by atoms with Gasteiger partial charge >= 0.3 is 0 Å². The van der Waals surface area contributed by atoms with Crippen LogP contribution in [0, 0.1) is 11.3 Å². The smallest absolute Gasteiger partial charge is 0.0975 e. The van der Waals surface area contributed by atoms with Crippen LogP contribution in [0.15, 0.2) is 0 Å². The molecule has 4 heteroatoms. The molecule has 0 amide bonds. The minimum absolute atomic E-state index is 0.124. The van der Waals surface area contributed by atoms with Crippen molar-refractivity contribution in [3.63, 3.8) is 0 Å². The first-order valence-corrected chi connectivity index (χ1v) is 6.13. The Hall–Kier alpha value is -0.0900. The first kappa shape index (κ1) is 11.0. The lowest BCUT2D eigenvalue weighted by molar-refractivity contribution is 0.246. The maximum absolute atomic E-state index is 10.8. The molecule has 0 aromatic rings. The van der Waals surface area contributed by atoms with E-state index in [4.69, 9.17) is 0 Å². The molecular weight excluding hydrogens is 188 g/mol. The van der Waals surface area contributed by atoms with Gasteiger partial charge in [0, 0.05) is 5.25 Å². The zero-order valence-corrected chi connectivity index (χ0v) is 9.23. The first-order valence-electron chi connectivity index (χ1n) is 4.66. The Balaban J connectivity index is 2.66. The van der Waals surface area contributed by atoms with Crippen molar-refractivity contribution in [1.29, 1.82) is 0 Å². The largest absolute Gasteiger partial charge is 0.748 e. The van der Waals surface area contributed by atoms with Crippen molar-refractivity contribution >= 4 is 10.1 Å². The summed E-state index contributed by atoms with van der Waals surface area (Å²) in [5.74, 6) is 0.376. The van der Waals surface area contributed by atoms with E-state index < -0.39 is 15.4 Å². The van der Waals surface area contributed by atoms with Crippen molar-refractivity contribution in [3.8, 4) is 0 Å². The average molecular weight is 205 g/mol. The second kappa shape index (κ2) is 3.24. The molecule has 1 rings (SSSR count). The van der Waals surface area contributed by atoms with Gasteiger partial charge in [0.25, 0.3) is 0 Å². The average Bonchev–Trinajstić information content (AvgIpc) is 2.28. The Morgan fingerprint density at radius 1 is 1.23 bits per heavy atom. The summed E-state index contributed by atoms with van der Waals surface area (Å²) in [6.45, 7) is 6.28. The number of rotatable bonds is 1. The van der Waals surface area contributed by atoms with E-state index in [9.17, 15) is 13.0 Å². The molecule has 1 saturated carbocycles. The number of hydrogen-bond acceptors (Lipinski definition) is 3. The molecule has 0 bridgehead atoms. The summed E-state index contributed by atoms with van der Waals surface area (Å²) in [5, 5.41) is -0.628. The highest BCUT2D eigenvalue weighted by Gasteiger charge is 2.35. The van der Waals surface area contributed by atoms with E-state index in [2.05, 4.69) is 20.8 Å². The summed E-state index contributed by atoms with van der Waals surface area (Å²) in [6.07, 6.45) is 1.97. The molecule has 0 heterocycles. The monoisotopic (exact) mass is 205 g/mol. The summed E-state index contributed by atoms with van der Waals surface area (Å²) >= 11 is 0. The predicted molar refractivity (Wildman–Crippen MR) is 50.3 cm³/mol. The Labute approximate surface area is 80.3 Å². The third-order valence-electron chi connectivity index (χ3n) is 3.02. The Morgan fingerprint density at radius 2 is 1.77 bits per heavy atom. The van der Waals surface area contributed by atoms with Gasteiger partial charge in [-0.3, -0.25) is 0 Å². The summed E-state index contributed by atoms with van der Waals surface area (Å²) in [6, 6.07) is 0. The van der Waals surface area contributed by atoms with E-state index in [0.717, 1.165) is 6.42 Å². The lowest BCUT2D eigenvalue weighted by Gasteiger charge is -2.27. The van der Waals surface area contributed by atoms with E-state index in [1.54, 1.807) is 0 Å². The molecule has 1 aliphatic carbocycles. The van der Waals surface area contributed by atoms with Crippen LogP contribution in [0.25, 0.3) is 0 Å². The molecule has 3 nitrogen and oxygen atoms in total. The SMILES string of the molecule is CC(C)(C)C1CCC(S(=O)(=O)[O-])C1. The second-order valence-corrected chi connectivity index (χ2v) is 6.64. The molecule has 1 fully saturated rings. The van der Waals surface area contributed by atoms with E-state index in [-0.39, 0.29) is 5.41 Å². The van der Waals surface area contributed by atoms with Crippen molar-refractivity contribution in [2.24, 2.45) is 11.3 Å². The molecule has 78 valence electrons. The highest BCUT2D eigenvalue weighted by molar-refractivity contribution is 7.86. The summed E-state index contributed by atoms with van der Waals surface area (Å²) in [4.78, 5) is 0. The third-order valence-corrected chi connectivity index (χ3v) is 4.26. The maximum Gasteiger partial charge on any atom is 0.0975 e. The van der Waals surface area contributed by atoms with E-state index in [1.807, 2.05) is 0 Å². The van der Waals surface area contributed by atoms with E-state index >= 15 is 0 Å². The van der Waals surface area contributed by atoms with Gasteiger partial charge in [0.15, 0.2) is 0 Å². The molecule has 0 spiro atoms. The highest BCUT2D eigenvalue weighted by Crippen LogP contribution is 2.41. The standard InChI is InChI=1S/C9H18O3S/c1-9(2,3)7-4-5-8(6-7)13(10,11)12/h7-8H,4-6H2,1-3H3,(H,10,11,12)/p-1. The molecule has 0 aromatic heterocycles. The van der Waals surface area contributed by atoms with Gasteiger partial charge in [-0.25, -0.2) is 8.42 Å². The quantitative estimate of drug-likeness (QED) is 0.613. The molecule has 0 radical (unpaired) electrons. The summed E-state index contributed by atoms with van der Waals surface area (Å²) in [7, 11) is -4.05. The van der Waals surface area contributed by atoms with Crippen LogP contribution >= 0.6 is 0 Å². The molecule has 0 aliphatic heterocycles. The molecule has 0 saturated heterocycles. The molecule has 0 N–H and O–H groups in total. The predicted octanol–water partition coefficient (Wildman–Crippen LogP) is 1.75. The van der Waals surface area contributed by atoms with E-state index in [0.29, 0.717) is 18.8 Å². The van der Waals surface area contributed by atoms with Gasteiger partial charge in [0.1, 0.15) is 0 Å². The molecular formula is C9H17O3S-. The third kappa shape index (κ3) is 2.68. The Bertz CT molecular complexity index is 274. The van der Waals surface area contributed by atoms with Gasteiger partial charge in [-0.15, -0.1) is 0 Å². The van der Waals surface area contributed by atoms with Crippen molar-refractivity contribution in [3.05, 3.63) is 0 Å². The first-order chi connectivity index (χ1) is 5.71. The fourth-order valence-corrected chi connectivity index (χ4v) is 2.88. The Morgan fingerprint density at radius 3 is 2.00 bits per heavy atom. The van der Waals surface area contributed by atoms with Crippen LogP contribution in [0.4, 0.5) is 0 Å². The lowest BCUT2D eigenvalue weighted by atomic mass is 9.80. The fraction of sp³-hybridized carbons (Fsp3) is 1.00. The molecule has 0 aromatic carbocycles. The van der Waals surface area contributed by atoms with Gasteiger partial charge in [-0.1, -0.05) is 20.8 Å². The van der Waals surface area contributed by atoms with Gasteiger partial charge in [-0.05, 0) is 30.6 Å². The summed E-state index contributed by atoms with van der Waals surface area (Å²) < 4.78 is 32.3. The molecule has 13 heavy (non-hydrogen) atoms. The van der Waals surface area contributed by atoms with Crippen LogP contribution in [0.3, 0.4) is 0 Å². The van der Waals surface area contributed by atoms with Crippen LogP contribution in [0.5, 0.6) is 0 Å². The van der Waals surface area contributed by atoms with Crippen LogP contribution in [0.1, 0.15) is 40.0 Å². The van der Waals surface area contributed by atoms with Gasteiger partial charge in [0.05, 0.1) is 10.1 Å². The highest BCUT2D eigenvalue weighted by atomic mass is 32.2. The van der Waals surface area contributed by atoms with Crippen molar-refractivity contribution in [1.82, 2.24) is 0 Å². The zero-order valence-electron chi connectivity index (χ0n) is 8.41. The normalized spacial score (nSPS) is 30.8. The van der Waals surface area contributed by atoms with Crippen LogP contribution in [-0.4, -0.2) is 18.2 Å². The molecule has 2 atom stereocenters. The summed E-state index contributed by atoms with van der Waals surface area (Å²) in [5.41, 5.74) is 0.124. The maximum atomic E-state index is 10.8. The minimum Gasteiger partial charge on any atom is -0.748 e. The molecule has 1 aliphatic rings. The van der Waals surface area contributed by atoms with Crippen molar-refractivity contribution in [2.45, 2.75) is 45.3 Å². The lowest BCUT2D eigenvalue weighted by Crippen LogP contribution is -2.21. The van der Waals surface area contributed by atoms with Crippen molar-refractivity contribution < 1.29 is 13.0 Å². The second-order valence-electron chi connectivity index (χ2n) is 4.99. The van der Waals surface area contributed by atoms with Crippen LogP contribution in [0.2, 0.25) is 0 Å². The Kier molecular flexibility index (Phi) is 2.74. The van der Waals surface area contributed by atoms with E-state index in [1.165, 1.54) is 0 Å². The number of hydrogen-bond donors (Lipinski definition) is 0. The van der Waals surface area contributed by atoms with Crippen molar-refractivity contribution in [2.75, 3.05) is 0 Å². The minimum atomic E-state index is -4.05.